The van der Waals surface area contributed by atoms with Crippen LogP contribution in [-0.4, -0.2) is 35.6 Å². The fraction of sp³-hybridized carbons (Fsp3) is 0.639. The molecule has 0 rings (SSSR count). The lowest BCUT2D eigenvalue weighted by molar-refractivity contribution is -0.147. The molecule has 0 radical (unpaired) electrons. The number of hydrogen-bond donors (Lipinski definition) is 2. The van der Waals surface area contributed by atoms with Gasteiger partial charge in [-0.15, -0.1) is 0 Å². The Bertz CT molecular complexity index is 825. The van der Waals surface area contributed by atoms with Crippen LogP contribution in [-0.2, 0) is 19.1 Å². The lowest BCUT2D eigenvalue weighted by Gasteiger charge is -2.15. The summed E-state index contributed by atoms with van der Waals surface area (Å²) in [5, 5.41) is 11.0. The second kappa shape index (κ2) is 31.1. The van der Waals surface area contributed by atoms with Crippen molar-refractivity contribution in [2.75, 3.05) is 6.54 Å². The second-order valence-corrected chi connectivity index (χ2v) is 10.7. The van der Waals surface area contributed by atoms with Crippen LogP contribution in [0.25, 0.3) is 0 Å². The monoisotopic (exact) mass is 585 g/mol. The molecule has 1 atom stereocenters. The molecule has 42 heavy (non-hydrogen) atoms. The highest BCUT2D eigenvalue weighted by Crippen LogP contribution is 2.14. The molecule has 238 valence electrons. The molecule has 0 aliphatic rings. The van der Waals surface area contributed by atoms with Gasteiger partial charge in [0.2, 0.25) is 5.91 Å². The Morgan fingerprint density at radius 2 is 1.24 bits per heavy atom. The number of amides is 1. The van der Waals surface area contributed by atoms with Crippen molar-refractivity contribution >= 4 is 17.8 Å². The van der Waals surface area contributed by atoms with Gasteiger partial charge < -0.3 is 15.2 Å². The summed E-state index contributed by atoms with van der Waals surface area (Å²) >= 11 is 0. The van der Waals surface area contributed by atoms with Gasteiger partial charge in [-0.05, 0) is 83.1 Å². The second-order valence-electron chi connectivity index (χ2n) is 10.7. The van der Waals surface area contributed by atoms with Crippen LogP contribution in [0.15, 0.2) is 60.8 Å². The fourth-order valence-corrected chi connectivity index (χ4v) is 4.24. The highest BCUT2D eigenvalue weighted by molar-refractivity contribution is 5.80. The highest BCUT2D eigenvalue weighted by Gasteiger charge is 2.11. The number of unbranched alkanes of at least 4 members (excludes halogenated alkanes) is 9. The number of carboxylic acids is 1. The Kier molecular flexibility index (Phi) is 28.9. The van der Waals surface area contributed by atoms with E-state index >= 15 is 0 Å². The van der Waals surface area contributed by atoms with Gasteiger partial charge >= 0.3 is 11.9 Å². The molecule has 6 nitrogen and oxygen atoms in total. The molecule has 0 aromatic rings. The van der Waals surface area contributed by atoms with E-state index in [0.717, 1.165) is 89.9 Å². The van der Waals surface area contributed by atoms with Crippen molar-refractivity contribution in [1.82, 2.24) is 5.32 Å². The normalized spacial score (nSPS) is 12.8. The van der Waals surface area contributed by atoms with Gasteiger partial charge in [0, 0.05) is 12.8 Å². The minimum Gasteiger partial charge on any atom is -0.480 e. The first kappa shape index (κ1) is 39.1. The van der Waals surface area contributed by atoms with E-state index in [4.69, 9.17) is 9.84 Å². The molecule has 2 N–H and O–H groups in total. The molecule has 1 unspecified atom stereocenters. The molecule has 1 amide bonds. The Balaban J connectivity index is 4.21. The number of hydrogen-bond acceptors (Lipinski definition) is 4. The predicted octanol–water partition coefficient (Wildman–Crippen LogP) is 9.33. The molecule has 0 heterocycles. The van der Waals surface area contributed by atoms with Gasteiger partial charge in [0.25, 0.3) is 0 Å². The summed E-state index contributed by atoms with van der Waals surface area (Å²) < 4.78 is 5.81. The van der Waals surface area contributed by atoms with Crippen molar-refractivity contribution in [2.45, 2.75) is 142 Å². The Hall–Kier alpha value is -2.89. The number of nitrogens with one attached hydrogen (secondary N) is 1. The van der Waals surface area contributed by atoms with E-state index in [0.29, 0.717) is 12.8 Å². The number of rotatable bonds is 28. The lowest BCUT2D eigenvalue weighted by Crippen LogP contribution is -2.28. The number of aliphatic carboxylic acids is 1. The number of esters is 1. The fourth-order valence-electron chi connectivity index (χ4n) is 4.24. The number of carbonyl (C=O) groups is 3. The maximum absolute atomic E-state index is 12.5. The highest BCUT2D eigenvalue weighted by atomic mass is 16.5. The van der Waals surface area contributed by atoms with Gasteiger partial charge in [-0.2, -0.15) is 0 Å². The molecule has 0 bridgehead atoms. The third-order valence-electron chi connectivity index (χ3n) is 6.66. The first-order chi connectivity index (χ1) is 20.5. The van der Waals surface area contributed by atoms with Gasteiger partial charge in [-0.1, -0.05) is 101 Å². The van der Waals surface area contributed by atoms with Gasteiger partial charge in [0.1, 0.15) is 12.6 Å². The zero-order valence-electron chi connectivity index (χ0n) is 26.6. The van der Waals surface area contributed by atoms with Crippen LogP contribution < -0.4 is 5.32 Å². The molecule has 0 saturated carbocycles. The van der Waals surface area contributed by atoms with E-state index in [-0.39, 0.29) is 24.5 Å². The van der Waals surface area contributed by atoms with Crippen LogP contribution in [0.4, 0.5) is 0 Å². The zero-order chi connectivity index (χ0) is 30.9. The van der Waals surface area contributed by atoms with E-state index in [2.05, 4.69) is 79.9 Å². The van der Waals surface area contributed by atoms with E-state index in [1.54, 1.807) is 0 Å². The minimum absolute atomic E-state index is 0.129. The largest absolute Gasteiger partial charge is 0.480 e. The summed E-state index contributed by atoms with van der Waals surface area (Å²) in [7, 11) is 0. The molecular formula is C36H59NO5. The number of carbonyl (C=O) groups excluding carboxylic acids is 2. The Morgan fingerprint density at radius 1 is 0.667 bits per heavy atom. The molecule has 0 spiro atoms. The Labute approximate surface area is 256 Å². The van der Waals surface area contributed by atoms with Crippen LogP contribution in [0.3, 0.4) is 0 Å². The van der Waals surface area contributed by atoms with Crippen LogP contribution >= 0.6 is 0 Å². The van der Waals surface area contributed by atoms with Crippen molar-refractivity contribution in [1.29, 1.82) is 0 Å². The molecular weight excluding hydrogens is 526 g/mol. The van der Waals surface area contributed by atoms with E-state index in [1.165, 1.54) is 19.3 Å². The lowest BCUT2D eigenvalue weighted by atomic mass is 10.1. The number of carboxylic acid groups (broad SMARTS) is 1. The number of allylic oxidation sites excluding steroid dienone is 9. The van der Waals surface area contributed by atoms with Gasteiger partial charge in [-0.25, -0.2) is 0 Å². The maximum Gasteiger partial charge on any atom is 0.322 e. The molecule has 0 aliphatic heterocycles. The van der Waals surface area contributed by atoms with E-state index in [1.807, 2.05) is 0 Å². The SMILES string of the molecule is CC/C=C\C/C=C\C/C=C\C/C=C\CCCCC(=O)OC(/C=C\CCCCCC)CCCCCCC(=O)NCC(=O)O. The quantitative estimate of drug-likeness (QED) is 0.0542. The summed E-state index contributed by atoms with van der Waals surface area (Å²) in [6.07, 6.45) is 39.2. The van der Waals surface area contributed by atoms with Crippen molar-refractivity contribution in [3.63, 3.8) is 0 Å². The number of ether oxygens (including phenoxy) is 1. The molecule has 0 fully saturated rings. The average molecular weight is 586 g/mol. The first-order valence-electron chi connectivity index (χ1n) is 16.4. The van der Waals surface area contributed by atoms with E-state index < -0.39 is 5.97 Å². The van der Waals surface area contributed by atoms with Crippen molar-refractivity contribution < 1.29 is 24.2 Å². The summed E-state index contributed by atoms with van der Waals surface area (Å²) in [6.45, 7) is 4.02. The van der Waals surface area contributed by atoms with Gasteiger partial charge in [0.05, 0.1) is 0 Å². The zero-order valence-corrected chi connectivity index (χ0v) is 26.6. The summed E-state index contributed by atoms with van der Waals surface area (Å²) in [5.41, 5.74) is 0. The summed E-state index contributed by atoms with van der Waals surface area (Å²) in [5.74, 6) is -1.39. The summed E-state index contributed by atoms with van der Waals surface area (Å²) in [6, 6.07) is 0. The van der Waals surface area contributed by atoms with Gasteiger partial charge in [-0.3, -0.25) is 14.4 Å². The molecule has 0 saturated heterocycles. The topological polar surface area (TPSA) is 92.7 Å². The maximum atomic E-state index is 12.5. The van der Waals surface area contributed by atoms with Crippen LogP contribution in [0.5, 0.6) is 0 Å². The smallest absolute Gasteiger partial charge is 0.322 e. The predicted molar refractivity (Wildman–Crippen MR) is 175 cm³/mol. The van der Waals surface area contributed by atoms with Crippen molar-refractivity contribution in [3.05, 3.63) is 60.8 Å². The molecule has 0 aliphatic carbocycles. The van der Waals surface area contributed by atoms with Crippen LogP contribution in [0.1, 0.15) is 136 Å². The Morgan fingerprint density at radius 3 is 1.90 bits per heavy atom. The summed E-state index contributed by atoms with van der Waals surface area (Å²) in [4.78, 5) is 34.6. The van der Waals surface area contributed by atoms with Crippen molar-refractivity contribution in [2.24, 2.45) is 0 Å². The van der Waals surface area contributed by atoms with Crippen LogP contribution in [0, 0.1) is 0 Å². The first-order valence-corrected chi connectivity index (χ1v) is 16.4. The third kappa shape index (κ3) is 30.1. The average Bonchev–Trinajstić information content (AvgIpc) is 2.97. The third-order valence-corrected chi connectivity index (χ3v) is 6.66. The molecule has 6 heteroatoms. The molecule has 0 aromatic carbocycles. The van der Waals surface area contributed by atoms with Gasteiger partial charge in [0.15, 0.2) is 0 Å². The van der Waals surface area contributed by atoms with E-state index in [9.17, 15) is 14.4 Å². The van der Waals surface area contributed by atoms with Crippen LogP contribution in [0.2, 0.25) is 0 Å². The minimum atomic E-state index is -1.03. The van der Waals surface area contributed by atoms with Crippen molar-refractivity contribution in [3.8, 4) is 0 Å². The molecule has 0 aromatic heterocycles. The standard InChI is InChI=1S/C36H59NO5/c1-3-5-7-9-11-12-13-14-15-16-17-18-19-21-27-31-36(41)42-33(28-24-20-10-8-6-4-2)29-25-22-23-26-30-34(38)37-32-35(39)40/h5,7,11-12,14-15,17-18,24,28,33H,3-4,6,8-10,13,16,19-23,25-27,29-32H2,1-2H3,(H,37,38)(H,39,40)/b7-5-,12-11-,15-14-,18-17-,28-24-.